The molecule has 0 spiro atoms. The van der Waals surface area contributed by atoms with Crippen LogP contribution in [-0.4, -0.2) is 14.5 Å². The van der Waals surface area contributed by atoms with Crippen LogP contribution in [0.4, 0.5) is 4.39 Å². The molecule has 6 heteroatoms. The van der Waals surface area contributed by atoms with E-state index in [0.717, 1.165) is 12.8 Å². The maximum absolute atomic E-state index is 15.1. The van der Waals surface area contributed by atoms with E-state index in [1.165, 1.54) is 18.2 Å². The first-order valence-electron chi connectivity index (χ1n) is 8.21. The van der Waals surface area contributed by atoms with Crippen molar-refractivity contribution < 1.29 is 12.8 Å². The monoisotopic (exact) mass is 381 g/mol. The molecule has 0 saturated heterocycles. The van der Waals surface area contributed by atoms with E-state index in [0.29, 0.717) is 21.7 Å². The second-order valence-electron chi connectivity index (χ2n) is 7.45. The molecule has 1 fully saturated rings. The van der Waals surface area contributed by atoms with Crippen LogP contribution in [0.15, 0.2) is 41.3 Å². The molecule has 1 N–H and O–H groups in total. The molecular formula is C19H21ClFNO2S. The first kappa shape index (κ1) is 18.4. The number of hydrogen-bond donors (Lipinski definition) is 1. The van der Waals surface area contributed by atoms with E-state index in [9.17, 15) is 8.42 Å². The van der Waals surface area contributed by atoms with Crippen molar-refractivity contribution in [3.63, 3.8) is 0 Å². The third-order valence-electron chi connectivity index (χ3n) is 4.24. The molecule has 0 heterocycles. The zero-order chi connectivity index (χ0) is 18.4. The van der Waals surface area contributed by atoms with Crippen molar-refractivity contribution in [2.45, 2.75) is 50.0 Å². The van der Waals surface area contributed by atoms with Crippen LogP contribution in [0.5, 0.6) is 0 Å². The Morgan fingerprint density at radius 2 is 1.80 bits per heavy atom. The molecule has 1 aliphatic carbocycles. The minimum Gasteiger partial charge on any atom is -0.208 e. The van der Waals surface area contributed by atoms with Gasteiger partial charge in [-0.05, 0) is 42.0 Å². The standard InChI is InChI=1S/C19H21ClFNO2S/c1-19(2,3)16-6-4-5-14(18(16)21)15-11-13(9-10-17(15)20)25(23,24)22-12-7-8-12/h4-6,9-12,22H,7-8H2,1-3H3. The number of nitrogens with one attached hydrogen (secondary N) is 1. The third-order valence-corrected chi connectivity index (χ3v) is 6.09. The molecule has 2 aromatic rings. The Kier molecular flexibility index (Phi) is 4.69. The van der Waals surface area contributed by atoms with Crippen molar-refractivity contribution >= 4 is 21.6 Å². The van der Waals surface area contributed by atoms with Crippen molar-refractivity contribution in [2.75, 3.05) is 0 Å². The molecule has 0 unspecified atom stereocenters. The fourth-order valence-corrected chi connectivity index (χ4v) is 4.24. The highest BCUT2D eigenvalue weighted by Gasteiger charge is 2.29. The van der Waals surface area contributed by atoms with Crippen molar-refractivity contribution in [2.24, 2.45) is 0 Å². The van der Waals surface area contributed by atoms with Gasteiger partial charge in [-0.3, -0.25) is 0 Å². The lowest BCUT2D eigenvalue weighted by molar-refractivity contribution is 0.525. The summed E-state index contributed by atoms with van der Waals surface area (Å²) in [5.74, 6) is -0.374. The maximum Gasteiger partial charge on any atom is 0.240 e. The summed E-state index contributed by atoms with van der Waals surface area (Å²) in [4.78, 5) is 0.0966. The van der Waals surface area contributed by atoms with Gasteiger partial charge < -0.3 is 0 Å². The van der Waals surface area contributed by atoms with E-state index in [1.54, 1.807) is 18.2 Å². The fraction of sp³-hybridized carbons (Fsp3) is 0.368. The summed E-state index contributed by atoms with van der Waals surface area (Å²) in [6.07, 6.45) is 1.70. The summed E-state index contributed by atoms with van der Waals surface area (Å²) in [6.45, 7) is 5.78. The topological polar surface area (TPSA) is 46.2 Å². The normalized spacial score (nSPS) is 15.4. The van der Waals surface area contributed by atoms with Gasteiger partial charge in [-0.2, -0.15) is 0 Å². The van der Waals surface area contributed by atoms with Crippen LogP contribution < -0.4 is 4.72 Å². The second-order valence-corrected chi connectivity index (χ2v) is 9.58. The Labute approximate surface area is 153 Å². The van der Waals surface area contributed by atoms with Gasteiger partial charge in [-0.15, -0.1) is 0 Å². The summed E-state index contributed by atoms with van der Waals surface area (Å²) in [5, 5.41) is 0.315. The molecule has 0 aliphatic heterocycles. The predicted molar refractivity (Wildman–Crippen MR) is 98.9 cm³/mol. The van der Waals surface area contributed by atoms with Gasteiger partial charge in [0, 0.05) is 22.2 Å². The van der Waals surface area contributed by atoms with Gasteiger partial charge in [-0.25, -0.2) is 17.5 Å². The van der Waals surface area contributed by atoms with Gasteiger partial charge in [0.05, 0.1) is 4.90 Å². The van der Waals surface area contributed by atoms with Crippen molar-refractivity contribution in [1.29, 1.82) is 0 Å². The van der Waals surface area contributed by atoms with Crippen LogP contribution in [0, 0.1) is 5.82 Å². The third kappa shape index (κ3) is 3.89. The molecule has 2 aromatic carbocycles. The van der Waals surface area contributed by atoms with Crippen molar-refractivity contribution in [3.8, 4) is 11.1 Å². The minimum absolute atomic E-state index is 0.00471. The highest BCUT2D eigenvalue weighted by Crippen LogP contribution is 2.36. The molecule has 3 nitrogen and oxygen atoms in total. The molecule has 0 bridgehead atoms. The summed E-state index contributed by atoms with van der Waals surface area (Å²) in [6, 6.07) is 9.52. The van der Waals surface area contributed by atoms with Gasteiger partial charge in [0.15, 0.2) is 0 Å². The molecular weight excluding hydrogens is 361 g/mol. The molecule has 1 aliphatic rings. The lowest BCUT2D eigenvalue weighted by Gasteiger charge is -2.21. The van der Waals surface area contributed by atoms with Gasteiger partial charge in [0.1, 0.15) is 5.82 Å². The van der Waals surface area contributed by atoms with Gasteiger partial charge in [0.2, 0.25) is 10.0 Å². The van der Waals surface area contributed by atoms with Crippen LogP contribution >= 0.6 is 11.6 Å². The molecule has 1 saturated carbocycles. The van der Waals surface area contributed by atoms with E-state index in [-0.39, 0.29) is 22.2 Å². The number of rotatable bonds is 4. The quantitative estimate of drug-likeness (QED) is 0.820. The number of benzene rings is 2. The average molecular weight is 382 g/mol. The molecule has 3 rings (SSSR count). The van der Waals surface area contributed by atoms with Crippen LogP contribution in [-0.2, 0) is 15.4 Å². The molecule has 0 aromatic heterocycles. The Morgan fingerprint density at radius 1 is 1.12 bits per heavy atom. The molecule has 0 atom stereocenters. The number of sulfonamides is 1. The summed E-state index contributed by atoms with van der Waals surface area (Å²) in [7, 11) is -3.63. The fourth-order valence-electron chi connectivity index (χ4n) is 2.69. The van der Waals surface area contributed by atoms with Gasteiger partial charge in [0.25, 0.3) is 0 Å². The van der Waals surface area contributed by atoms with E-state index < -0.39 is 10.0 Å². The maximum atomic E-state index is 15.1. The highest BCUT2D eigenvalue weighted by molar-refractivity contribution is 7.89. The number of halogens is 2. The molecule has 134 valence electrons. The van der Waals surface area contributed by atoms with E-state index >= 15 is 4.39 Å². The molecule has 0 radical (unpaired) electrons. The van der Waals surface area contributed by atoms with Crippen LogP contribution in [0.25, 0.3) is 11.1 Å². The second kappa shape index (κ2) is 6.38. The summed E-state index contributed by atoms with van der Waals surface area (Å²) >= 11 is 6.26. The Bertz CT molecular complexity index is 916. The average Bonchev–Trinajstić information content (AvgIpc) is 3.30. The Morgan fingerprint density at radius 3 is 2.40 bits per heavy atom. The van der Waals surface area contributed by atoms with E-state index in [4.69, 9.17) is 11.6 Å². The van der Waals surface area contributed by atoms with Crippen molar-refractivity contribution in [3.05, 3.63) is 52.8 Å². The minimum atomic E-state index is -3.63. The van der Waals surface area contributed by atoms with E-state index in [1.807, 2.05) is 20.8 Å². The highest BCUT2D eigenvalue weighted by atomic mass is 35.5. The van der Waals surface area contributed by atoms with E-state index in [2.05, 4.69) is 4.72 Å². The lowest BCUT2D eigenvalue weighted by atomic mass is 9.85. The van der Waals surface area contributed by atoms with Gasteiger partial charge >= 0.3 is 0 Å². The van der Waals surface area contributed by atoms with Crippen molar-refractivity contribution in [1.82, 2.24) is 4.72 Å². The van der Waals surface area contributed by atoms with Gasteiger partial charge in [-0.1, -0.05) is 50.6 Å². The Balaban J connectivity index is 2.10. The molecule has 0 amide bonds. The molecule has 25 heavy (non-hydrogen) atoms. The largest absolute Gasteiger partial charge is 0.240 e. The van der Waals surface area contributed by atoms with Crippen LogP contribution in [0.2, 0.25) is 5.02 Å². The first-order valence-corrected chi connectivity index (χ1v) is 10.1. The van der Waals surface area contributed by atoms with Crippen LogP contribution in [0.1, 0.15) is 39.2 Å². The SMILES string of the molecule is CC(C)(C)c1cccc(-c2cc(S(=O)(=O)NC3CC3)ccc2Cl)c1F. The lowest BCUT2D eigenvalue weighted by Crippen LogP contribution is -2.25. The number of hydrogen-bond acceptors (Lipinski definition) is 2. The summed E-state index contributed by atoms with van der Waals surface area (Å²) in [5.41, 5.74) is 0.874. The predicted octanol–water partition coefficient (Wildman–Crippen LogP) is 4.88. The first-order chi connectivity index (χ1) is 11.6. The zero-order valence-corrected chi connectivity index (χ0v) is 16.0. The Hall–Kier alpha value is -1.43. The smallest absolute Gasteiger partial charge is 0.208 e. The van der Waals surface area contributed by atoms with Crippen LogP contribution in [0.3, 0.4) is 0 Å². The zero-order valence-electron chi connectivity index (χ0n) is 14.4. The summed E-state index contributed by atoms with van der Waals surface area (Å²) < 4.78 is 42.6.